The van der Waals surface area contributed by atoms with Crippen LogP contribution in [-0.2, 0) is 11.0 Å². The highest BCUT2D eigenvalue weighted by atomic mass is 19.4. The molecule has 2 rings (SSSR count). The van der Waals surface area contributed by atoms with E-state index in [1.807, 2.05) is 30.3 Å². The molecule has 0 aromatic heterocycles. The topological polar surface area (TPSA) is 70.6 Å². The smallest absolute Gasteiger partial charge is 0.416 e. The highest BCUT2D eigenvalue weighted by molar-refractivity contribution is 5.74. The van der Waals surface area contributed by atoms with Crippen LogP contribution in [0.15, 0.2) is 54.6 Å². The van der Waals surface area contributed by atoms with Crippen LogP contribution in [0, 0.1) is 0 Å². The van der Waals surface area contributed by atoms with Crippen LogP contribution >= 0.6 is 0 Å². The van der Waals surface area contributed by atoms with E-state index in [2.05, 4.69) is 5.32 Å². The van der Waals surface area contributed by atoms with Crippen molar-refractivity contribution in [2.75, 3.05) is 13.1 Å². The minimum Gasteiger partial charge on any atom is -0.486 e. The van der Waals surface area contributed by atoms with Crippen LogP contribution in [0.2, 0.25) is 0 Å². The number of hydrogen-bond acceptors (Lipinski definition) is 4. The van der Waals surface area contributed by atoms with Gasteiger partial charge in [-0.15, -0.1) is 0 Å². The van der Waals surface area contributed by atoms with Gasteiger partial charge >= 0.3 is 6.18 Å². The summed E-state index contributed by atoms with van der Waals surface area (Å²) in [7, 11) is 0. The lowest BCUT2D eigenvalue weighted by Gasteiger charge is -2.20. The van der Waals surface area contributed by atoms with Gasteiger partial charge in [0.15, 0.2) is 0 Å². The maximum Gasteiger partial charge on any atom is 0.416 e. The number of amides is 1. The van der Waals surface area contributed by atoms with E-state index in [0.717, 1.165) is 17.7 Å². The molecule has 0 spiro atoms. The molecule has 2 aromatic carbocycles. The first-order valence-electron chi connectivity index (χ1n) is 8.92. The molecule has 1 unspecified atom stereocenters. The Labute approximate surface area is 161 Å². The summed E-state index contributed by atoms with van der Waals surface area (Å²) in [6.45, 7) is 1.19. The van der Waals surface area contributed by atoms with Crippen LogP contribution in [0.25, 0.3) is 0 Å². The van der Waals surface area contributed by atoms with Crippen LogP contribution in [0.3, 0.4) is 0 Å². The number of rotatable bonds is 10. The Hall–Kier alpha value is -2.58. The Morgan fingerprint density at radius 3 is 2.32 bits per heavy atom. The van der Waals surface area contributed by atoms with Crippen molar-refractivity contribution in [2.24, 2.45) is 0 Å². The monoisotopic (exact) mass is 396 g/mol. The molecule has 8 heteroatoms. The van der Waals surface area contributed by atoms with Gasteiger partial charge in [-0.3, -0.25) is 10.0 Å². The van der Waals surface area contributed by atoms with Crippen molar-refractivity contribution in [1.29, 1.82) is 0 Å². The average Bonchev–Trinajstić information content (AvgIpc) is 2.69. The fourth-order valence-corrected chi connectivity index (χ4v) is 2.64. The van der Waals surface area contributed by atoms with Crippen LogP contribution in [0.5, 0.6) is 5.75 Å². The van der Waals surface area contributed by atoms with Crippen molar-refractivity contribution in [3.63, 3.8) is 0 Å². The number of hydrogen-bond donors (Lipinski definition) is 3. The maximum absolute atomic E-state index is 12.7. The van der Waals surface area contributed by atoms with Crippen molar-refractivity contribution < 1.29 is 27.9 Å². The number of alkyl halides is 3. The predicted octanol–water partition coefficient (Wildman–Crippen LogP) is 4.09. The number of carbonyl (C=O) groups is 1. The number of ether oxygens (including phenoxy) is 1. The number of hydroxylamine groups is 1. The largest absolute Gasteiger partial charge is 0.486 e. The average molecular weight is 396 g/mol. The van der Waals surface area contributed by atoms with E-state index in [1.165, 1.54) is 12.1 Å². The van der Waals surface area contributed by atoms with Gasteiger partial charge in [-0.2, -0.15) is 13.2 Å². The van der Waals surface area contributed by atoms with Crippen LogP contribution < -0.4 is 15.5 Å². The van der Waals surface area contributed by atoms with Gasteiger partial charge < -0.3 is 10.1 Å². The van der Waals surface area contributed by atoms with Gasteiger partial charge in [0.1, 0.15) is 11.9 Å². The third kappa shape index (κ3) is 7.21. The molecule has 0 saturated carbocycles. The Balaban J connectivity index is 1.92. The molecule has 0 saturated heterocycles. The summed E-state index contributed by atoms with van der Waals surface area (Å²) in [6, 6.07) is 14.1. The van der Waals surface area contributed by atoms with Gasteiger partial charge in [0.25, 0.3) is 0 Å². The zero-order valence-electron chi connectivity index (χ0n) is 15.2. The fourth-order valence-electron chi connectivity index (χ4n) is 2.64. The summed E-state index contributed by atoms with van der Waals surface area (Å²) in [5, 5.41) is 11.6. The SMILES string of the molecule is O=C(CCCNCCC(Oc1ccc(C(F)(F)F)cc1)c1ccccc1)NO. The predicted molar refractivity (Wildman–Crippen MR) is 97.9 cm³/mol. The summed E-state index contributed by atoms with van der Waals surface area (Å²) < 4.78 is 44.0. The van der Waals surface area contributed by atoms with Crippen molar-refractivity contribution in [3.8, 4) is 5.75 Å². The molecule has 0 aliphatic carbocycles. The van der Waals surface area contributed by atoms with Crippen molar-refractivity contribution >= 4 is 5.91 Å². The molecule has 5 nitrogen and oxygen atoms in total. The Morgan fingerprint density at radius 2 is 1.71 bits per heavy atom. The lowest BCUT2D eigenvalue weighted by atomic mass is 10.1. The van der Waals surface area contributed by atoms with E-state index >= 15 is 0 Å². The Kier molecular flexibility index (Phi) is 8.28. The molecule has 152 valence electrons. The zero-order chi connectivity index (χ0) is 20.4. The number of halogens is 3. The minimum atomic E-state index is -4.38. The molecule has 28 heavy (non-hydrogen) atoms. The van der Waals surface area contributed by atoms with Crippen molar-refractivity contribution in [3.05, 3.63) is 65.7 Å². The summed E-state index contributed by atoms with van der Waals surface area (Å²) in [5.74, 6) is -0.0731. The highest BCUT2D eigenvalue weighted by Crippen LogP contribution is 2.31. The van der Waals surface area contributed by atoms with Gasteiger partial charge in [0, 0.05) is 12.8 Å². The Bertz CT molecular complexity index is 722. The first kappa shape index (κ1) is 21.7. The summed E-state index contributed by atoms with van der Waals surface area (Å²) in [5.41, 5.74) is 1.78. The van der Waals surface area contributed by atoms with E-state index in [1.54, 1.807) is 5.48 Å². The third-order valence-corrected chi connectivity index (χ3v) is 4.10. The molecule has 3 N–H and O–H groups in total. The molecule has 1 atom stereocenters. The molecule has 0 aliphatic rings. The van der Waals surface area contributed by atoms with E-state index in [0.29, 0.717) is 31.7 Å². The van der Waals surface area contributed by atoms with Crippen molar-refractivity contribution in [1.82, 2.24) is 10.8 Å². The molecular formula is C20H23F3N2O3. The standard InChI is InChI=1S/C20H23F3N2O3/c21-20(22,23)16-8-10-17(11-9-16)28-18(15-5-2-1-3-6-15)12-14-24-13-4-7-19(26)25-27/h1-3,5-6,8-11,18,24,27H,4,7,12-14H2,(H,25,26). The molecule has 0 heterocycles. The molecule has 0 bridgehead atoms. The van der Waals surface area contributed by atoms with Gasteiger partial charge in [0.2, 0.25) is 5.91 Å². The van der Waals surface area contributed by atoms with E-state index in [-0.39, 0.29) is 12.5 Å². The van der Waals surface area contributed by atoms with Crippen LogP contribution in [0.1, 0.15) is 36.5 Å². The number of nitrogens with one attached hydrogen (secondary N) is 2. The van der Waals surface area contributed by atoms with E-state index < -0.39 is 17.6 Å². The molecule has 1 amide bonds. The normalized spacial score (nSPS) is 12.4. The van der Waals surface area contributed by atoms with Gasteiger partial charge in [-0.25, -0.2) is 5.48 Å². The third-order valence-electron chi connectivity index (χ3n) is 4.10. The molecule has 0 radical (unpaired) electrons. The molecule has 0 aliphatic heterocycles. The van der Waals surface area contributed by atoms with Crippen molar-refractivity contribution in [2.45, 2.75) is 31.5 Å². The Morgan fingerprint density at radius 1 is 1.04 bits per heavy atom. The maximum atomic E-state index is 12.7. The first-order valence-corrected chi connectivity index (χ1v) is 8.92. The number of benzene rings is 2. The molecule has 0 fully saturated rings. The van der Waals surface area contributed by atoms with Crippen LogP contribution in [0.4, 0.5) is 13.2 Å². The lowest BCUT2D eigenvalue weighted by molar-refractivity contribution is -0.137. The van der Waals surface area contributed by atoms with Gasteiger partial charge in [0.05, 0.1) is 5.56 Å². The second-order valence-corrected chi connectivity index (χ2v) is 6.22. The lowest BCUT2D eigenvalue weighted by Crippen LogP contribution is -2.23. The van der Waals surface area contributed by atoms with Gasteiger partial charge in [-0.05, 0) is 49.3 Å². The first-order chi connectivity index (χ1) is 13.4. The number of carbonyl (C=O) groups excluding carboxylic acids is 1. The van der Waals surface area contributed by atoms with E-state index in [9.17, 15) is 18.0 Å². The van der Waals surface area contributed by atoms with Crippen LogP contribution in [-0.4, -0.2) is 24.2 Å². The second kappa shape index (κ2) is 10.7. The summed E-state index contributed by atoms with van der Waals surface area (Å²) in [4.78, 5) is 10.9. The minimum absolute atomic E-state index is 0.216. The molecule has 2 aromatic rings. The van der Waals surface area contributed by atoms with E-state index in [4.69, 9.17) is 9.94 Å². The van der Waals surface area contributed by atoms with Gasteiger partial charge in [-0.1, -0.05) is 30.3 Å². The second-order valence-electron chi connectivity index (χ2n) is 6.22. The summed E-state index contributed by atoms with van der Waals surface area (Å²) >= 11 is 0. The quantitative estimate of drug-likeness (QED) is 0.321. The highest BCUT2D eigenvalue weighted by Gasteiger charge is 2.30. The summed E-state index contributed by atoms with van der Waals surface area (Å²) in [6.07, 6.45) is -3.33. The zero-order valence-corrected chi connectivity index (χ0v) is 15.2. The molecular weight excluding hydrogens is 373 g/mol. The fraction of sp³-hybridized carbons (Fsp3) is 0.350.